The van der Waals surface area contributed by atoms with E-state index in [0.717, 1.165) is 19.4 Å². The largest absolute Gasteiger partial charge is 0.332 e. The first-order valence-corrected chi connectivity index (χ1v) is 9.69. The molecule has 0 aliphatic heterocycles. The van der Waals surface area contributed by atoms with E-state index in [-0.39, 0.29) is 11.2 Å². The number of hydrogen-bond donors (Lipinski definition) is 1. The van der Waals surface area contributed by atoms with Crippen molar-refractivity contribution in [2.45, 2.75) is 124 Å². The minimum absolute atomic E-state index is 0.242. The summed E-state index contributed by atoms with van der Waals surface area (Å²) in [6.07, 6.45) is 9.97. The zero-order valence-corrected chi connectivity index (χ0v) is 17.2. The molecule has 0 spiro atoms. The van der Waals surface area contributed by atoms with Crippen molar-refractivity contribution < 1.29 is 9.47 Å². The van der Waals surface area contributed by atoms with E-state index < -0.39 is 5.91 Å². The molecule has 0 aromatic heterocycles. The van der Waals surface area contributed by atoms with Crippen molar-refractivity contribution in [3.63, 3.8) is 0 Å². The molecule has 0 bridgehead atoms. The molecule has 0 heterocycles. The van der Waals surface area contributed by atoms with Gasteiger partial charge in [-0.1, -0.05) is 52.4 Å². The van der Waals surface area contributed by atoms with Gasteiger partial charge in [0, 0.05) is 6.42 Å². The molecule has 0 aromatic rings. The molecule has 3 heteroatoms. The van der Waals surface area contributed by atoms with Crippen LogP contribution in [0.15, 0.2) is 0 Å². The first kappa shape index (κ1) is 22.9. The number of unbranched alkanes of at least 4 members (excludes halogenated alkanes) is 6. The summed E-state index contributed by atoms with van der Waals surface area (Å²) >= 11 is 0. The van der Waals surface area contributed by atoms with Crippen molar-refractivity contribution in [2.24, 2.45) is 0 Å². The number of ether oxygens (including phenoxy) is 2. The normalized spacial score (nSPS) is 13.6. The molecular formula is C20H43NO2. The second-order valence-corrected chi connectivity index (χ2v) is 8.58. The van der Waals surface area contributed by atoms with E-state index in [1.165, 1.54) is 38.5 Å². The lowest BCUT2D eigenvalue weighted by atomic mass is 10.1. The third-order valence-corrected chi connectivity index (χ3v) is 3.50. The van der Waals surface area contributed by atoms with E-state index in [9.17, 15) is 0 Å². The Hall–Kier alpha value is -0.120. The van der Waals surface area contributed by atoms with Crippen molar-refractivity contribution >= 4 is 0 Å². The minimum atomic E-state index is -0.686. The van der Waals surface area contributed by atoms with Gasteiger partial charge in [-0.2, -0.15) is 0 Å². The Labute approximate surface area is 145 Å². The van der Waals surface area contributed by atoms with Crippen LogP contribution in [-0.2, 0) is 9.47 Å². The van der Waals surface area contributed by atoms with E-state index in [1.54, 1.807) is 0 Å². The van der Waals surface area contributed by atoms with Crippen molar-refractivity contribution in [3.8, 4) is 0 Å². The SMILES string of the molecule is CCCCCCCCCC(NCC)(OC(C)(C)C)OC(C)(C)C. The molecule has 0 aromatic carbocycles. The van der Waals surface area contributed by atoms with Gasteiger partial charge in [0.15, 0.2) is 0 Å². The Morgan fingerprint density at radius 3 is 1.48 bits per heavy atom. The molecule has 0 rings (SSSR count). The summed E-state index contributed by atoms with van der Waals surface area (Å²) < 4.78 is 12.7. The third kappa shape index (κ3) is 12.9. The van der Waals surface area contributed by atoms with Gasteiger partial charge in [0.2, 0.25) is 5.91 Å². The fraction of sp³-hybridized carbons (Fsp3) is 1.00. The predicted octanol–water partition coefficient (Wildman–Crippen LogP) is 6.02. The highest BCUT2D eigenvalue weighted by atomic mass is 16.7. The zero-order valence-electron chi connectivity index (χ0n) is 17.2. The first-order valence-electron chi connectivity index (χ1n) is 9.69. The summed E-state index contributed by atoms with van der Waals surface area (Å²) in [5.74, 6) is -0.686. The molecule has 0 amide bonds. The Balaban J connectivity index is 4.62. The zero-order chi connectivity index (χ0) is 18.0. The quantitative estimate of drug-likeness (QED) is 0.351. The Morgan fingerprint density at radius 2 is 1.09 bits per heavy atom. The van der Waals surface area contributed by atoms with Crippen LogP contribution in [0.4, 0.5) is 0 Å². The summed E-state index contributed by atoms with van der Waals surface area (Å²) in [7, 11) is 0. The molecule has 3 nitrogen and oxygen atoms in total. The lowest BCUT2D eigenvalue weighted by Gasteiger charge is -2.43. The minimum Gasteiger partial charge on any atom is -0.332 e. The van der Waals surface area contributed by atoms with Gasteiger partial charge in [-0.3, -0.25) is 5.32 Å². The molecule has 0 unspecified atom stereocenters. The van der Waals surface area contributed by atoms with Gasteiger partial charge in [0.25, 0.3) is 0 Å². The van der Waals surface area contributed by atoms with Crippen LogP contribution < -0.4 is 5.32 Å². The second-order valence-electron chi connectivity index (χ2n) is 8.58. The van der Waals surface area contributed by atoms with Crippen LogP contribution in [-0.4, -0.2) is 23.7 Å². The predicted molar refractivity (Wildman–Crippen MR) is 101 cm³/mol. The van der Waals surface area contributed by atoms with Crippen LogP contribution in [0.5, 0.6) is 0 Å². The first-order chi connectivity index (χ1) is 10.5. The van der Waals surface area contributed by atoms with Gasteiger partial charge in [-0.15, -0.1) is 0 Å². The van der Waals surface area contributed by atoms with Crippen LogP contribution in [0.1, 0.15) is 107 Å². The fourth-order valence-electron chi connectivity index (χ4n) is 2.86. The van der Waals surface area contributed by atoms with Gasteiger partial charge in [0.1, 0.15) is 0 Å². The molecule has 23 heavy (non-hydrogen) atoms. The molecule has 0 aliphatic carbocycles. The monoisotopic (exact) mass is 329 g/mol. The van der Waals surface area contributed by atoms with Crippen LogP contribution >= 0.6 is 0 Å². The Bertz CT molecular complexity index is 273. The van der Waals surface area contributed by atoms with Crippen LogP contribution in [0, 0.1) is 0 Å². The third-order valence-electron chi connectivity index (χ3n) is 3.50. The van der Waals surface area contributed by atoms with E-state index in [2.05, 4.69) is 60.7 Å². The van der Waals surface area contributed by atoms with E-state index in [0.29, 0.717) is 0 Å². The van der Waals surface area contributed by atoms with Crippen LogP contribution in [0.25, 0.3) is 0 Å². The number of hydrogen-bond acceptors (Lipinski definition) is 3. The molecule has 0 radical (unpaired) electrons. The number of nitrogens with one attached hydrogen (secondary N) is 1. The average Bonchev–Trinajstić information content (AvgIpc) is 2.33. The van der Waals surface area contributed by atoms with Gasteiger partial charge in [-0.25, -0.2) is 0 Å². The summed E-state index contributed by atoms with van der Waals surface area (Å²) in [6, 6.07) is 0. The average molecular weight is 330 g/mol. The van der Waals surface area contributed by atoms with E-state index in [4.69, 9.17) is 9.47 Å². The fourth-order valence-corrected chi connectivity index (χ4v) is 2.86. The lowest BCUT2D eigenvalue weighted by Crippen LogP contribution is -2.56. The smallest absolute Gasteiger partial charge is 0.228 e. The summed E-state index contributed by atoms with van der Waals surface area (Å²) in [5, 5.41) is 3.48. The highest BCUT2D eigenvalue weighted by Crippen LogP contribution is 2.30. The molecule has 1 N–H and O–H groups in total. The topological polar surface area (TPSA) is 30.5 Å². The summed E-state index contributed by atoms with van der Waals surface area (Å²) in [6.45, 7) is 17.8. The summed E-state index contributed by atoms with van der Waals surface area (Å²) in [4.78, 5) is 0. The maximum absolute atomic E-state index is 6.35. The highest BCUT2D eigenvalue weighted by molar-refractivity contribution is 4.77. The highest BCUT2D eigenvalue weighted by Gasteiger charge is 2.38. The lowest BCUT2D eigenvalue weighted by molar-refractivity contribution is -0.329. The molecular weight excluding hydrogens is 286 g/mol. The van der Waals surface area contributed by atoms with Crippen molar-refractivity contribution in [3.05, 3.63) is 0 Å². The Morgan fingerprint density at radius 1 is 0.652 bits per heavy atom. The maximum Gasteiger partial charge on any atom is 0.228 e. The van der Waals surface area contributed by atoms with Crippen LogP contribution in [0.2, 0.25) is 0 Å². The molecule has 0 aliphatic rings. The van der Waals surface area contributed by atoms with Gasteiger partial charge in [0.05, 0.1) is 11.2 Å². The molecule has 140 valence electrons. The molecule has 0 atom stereocenters. The second kappa shape index (κ2) is 10.7. The standard InChI is InChI=1S/C20H43NO2/c1-9-11-12-13-14-15-16-17-20(21-10-2,22-18(3,4)5)23-19(6,7)8/h21H,9-17H2,1-8H3. The summed E-state index contributed by atoms with van der Waals surface area (Å²) in [5.41, 5.74) is -0.483. The van der Waals surface area contributed by atoms with E-state index in [1.807, 2.05) is 0 Å². The Kier molecular flexibility index (Phi) is 10.6. The van der Waals surface area contributed by atoms with Gasteiger partial charge >= 0.3 is 0 Å². The van der Waals surface area contributed by atoms with Crippen molar-refractivity contribution in [1.82, 2.24) is 5.32 Å². The van der Waals surface area contributed by atoms with E-state index >= 15 is 0 Å². The van der Waals surface area contributed by atoms with Crippen molar-refractivity contribution in [1.29, 1.82) is 0 Å². The maximum atomic E-state index is 6.35. The van der Waals surface area contributed by atoms with Crippen molar-refractivity contribution in [2.75, 3.05) is 6.54 Å². The van der Waals surface area contributed by atoms with Gasteiger partial charge < -0.3 is 9.47 Å². The molecule has 0 saturated heterocycles. The van der Waals surface area contributed by atoms with Crippen LogP contribution in [0.3, 0.4) is 0 Å². The number of rotatable bonds is 12. The van der Waals surface area contributed by atoms with Gasteiger partial charge in [-0.05, 0) is 54.5 Å². The molecule has 0 saturated carbocycles. The molecule has 0 fully saturated rings.